The van der Waals surface area contributed by atoms with Crippen LogP contribution in [0.2, 0.25) is 5.02 Å². The number of benzene rings is 2. The SMILES string of the molecule is Cc1cc(F)c(-c2cc(=O)c3cccc(Cl)c3o2)c(OCCNC(=O)C(O)O)c1. The van der Waals surface area contributed by atoms with E-state index in [4.69, 9.17) is 31.0 Å². The highest BCUT2D eigenvalue weighted by Gasteiger charge is 2.19. The van der Waals surface area contributed by atoms with Crippen molar-refractivity contribution >= 4 is 28.5 Å². The van der Waals surface area contributed by atoms with Gasteiger partial charge in [-0.15, -0.1) is 0 Å². The number of hydrogen-bond acceptors (Lipinski definition) is 6. The third-order valence-electron chi connectivity index (χ3n) is 4.04. The molecule has 0 unspecified atom stereocenters. The van der Waals surface area contributed by atoms with E-state index in [0.29, 0.717) is 5.56 Å². The van der Waals surface area contributed by atoms with Crippen LogP contribution in [0.5, 0.6) is 5.75 Å². The van der Waals surface area contributed by atoms with Gasteiger partial charge in [0.25, 0.3) is 5.91 Å². The van der Waals surface area contributed by atoms with Crippen molar-refractivity contribution < 1.29 is 28.6 Å². The van der Waals surface area contributed by atoms with Gasteiger partial charge < -0.3 is 24.7 Å². The Bertz CT molecular complexity index is 1130. The van der Waals surface area contributed by atoms with Gasteiger partial charge in [-0.1, -0.05) is 17.7 Å². The van der Waals surface area contributed by atoms with Gasteiger partial charge in [-0.05, 0) is 36.8 Å². The molecule has 3 aromatic rings. The van der Waals surface area contributed by atoms with Crippen molar-refractivity contribution in [3.63, 3.8) is 0 Å². The molecule has 2 aromatic carbocycles. The summed E-state index contributed by atoms with van der Waals surface area (Å²) in [6, 6.07) is 8.69. The summed E-state index contributed by atoms with van der Waals surface area (Å²) in [6.07, 6.45) is -2.14. The number of ether oxygens (including phenoxy) is 1. The average molecular weight is 422 g/mol. The minimum atomic E-state index is -2.14. The van der Waals surface area contributed by atoms with Crippen LogP contribution in [0.1, 0.15) is 5.56 Å². The number of rotatable bonds is 6. The third kappa shape index (κ3) is 4.56. The molecule has 29 heavy (non-hydrogen) atoms. The van der Waals surface area contributed by atoms with Crippen LogP contribution in [-0.2, 0) is 4.79 Å². The summed E-state index contributed by atoms with van der Waals surface area (Å²) in [5.41, 5.74) is 0.242. The quantitative estimate of drug-likeness (QED) is 0.416. The molecule has 1 amide bonds. The monoisotopic (exact) mass is 421 g/mol. The summed E-state index contributed by atoms with van der Waals surface area (Å²) in [4.78, 5) is 23.6. The standard InChI is InChI=1S/C20H17ClFNO6/c1-10-7-13(22)17(15(8-10)28-6-5-23-19(25)20(26)27)16-9-14(24)11-3-2-4-12(21)18(11)29-16/h2-4,7-9,20,26-27H,5-6H2,1H3,(H,23,25). The highest BCUT2D eigenvalue weighted by Crippen LogP contribution is 2.35. The van der Waals surface area contributed by atoms with Crippen molar-refractivity contribution in [2.24, 2.45) is 0 Å². The molecule has 0 aliphatic rings. The normalized spacial score (nSPS) is 11.1. The van der Waals surface area contributed by atoms with Gasteiger partial charge in [0.15, 0.2) is 11.0 Å². The molecule has 3 rings (SSSR count). The number of aliphatic hydroxyl groups excluding tert-OH is 1. The predicted molar refractivity (Wildman–Crippen MR) is 104 cm³/mol. The molecule has 0 saturated heterocycles. The second kappa shape index (κ2) is 8.60. The van der Waals surface area contributed by atoms with Crippen molar-refractivity contribution in [3.8, 4) is 17.1 Å². The minimum Gasteiger partial charge on any atom is -0.491 e. The Morgan fingerprint density at radius 3 is 2.79 bits per heavy atom. The number of para-hydroxylation sites is 1. The topological polar surface area (TPSA) is 109 Å². The van der Waals surface area contributed by atoms with Gasteiger partial charge in [0.05, 0.1) is 22.5 Å². The lowest BCUT2D eigenvalue weighted by Gasteiger charge is -2.14. The molecule has 0 aliphatic heterocycles. The molecule has 1 aromatic heterocycles. The Kier molecular flexibility index (Phi) is 6.17. The zero-order chi connectivity index (χ0) is 21.1. The van der Waals surface area contributed by atoms with E-state index in [1.807, 2.05) is 0 Å². The van der Waals surface area contributed by atoms with Gasteiger partial charge in [-0.2, -0.15) is 0 Å². The second-order valence-corrected chi connectivity index (χ2v) is 6.63. The number of hydrogen-bond donors (Lipinski definition) is 3. The molecule has 1 heterocycles. The number of amides is 1. The van der Waals surface area contributed by atoms with Crippen LogP contribution < -0.4 is 15.5 Å². The summed E-state index contributed by atoms with van der Waals surface area (Å²) in [7, 11) is 0. The molecular weight excluding hydrogens is 405 g/mol. The van der Waals surface area contributed by atoms with Crippen molar-refractivity contribution in [2.45, 2.75) is 13.2 Å². The molecule has 9 heteroatoms. The predicted octanol–water partition coefficient (Wildman–Crippen LogP) is 2.37. The summed E-state index contributed by atoms with van der Waals surface area (Å²) in [5.74, 6) is -1.61. The molecule has 0 atom stereocenters. The van der Waals surface area contributed by atoms with Crippen LogP contribution in [0.4, 0.5) is 4.39 Å². The fraction of sp³-hybridized carbons (Fsp3) is 0.200. The first-order chi connectivity index (χ1) is 13.8. The van der Waals surface area contributed by atoms with Gasteiger partial charge in [0.1, 0.15) is 23.9 Å². The maximum atomic E-state index is 14.8. The molecular formula is C20H17ClFNO6. The second-order valence-electron chi connectivity index (χ2n) is 6.22. The first kappa shape index (κ1) is 20.8. The number of aliphatic hydroxyl groups is 2. The zero-order valence-corrected chi connectivity index (χ0v) is 16.0. The molecule has 0 aliphatic carbocycles. The van der Waals surface area contributed by atoms with E-state index in [0.717, 1.165) is 6.07 Å². The minimum absolute atomic E-state index is 0.0566. The fourth-order valence-electron chi connectivity index (χ4n) is 2.76. The van der Waals surface area contributed by atoms with Crippen LogP contribution >= 0.6 is 11.6 Å². The van der Waals surface area contributed by atoms with E-state index >= 15 is 0 Å². The largest absolute Gasteiger partial charge is 0.491 e. The van der Waals surface area contributed by atoms with Crippen molar-refractivity contribution in [3.05, 3.63) is 63.0 Å². The lowest BCUT2D eigenvalue weighted by Crippen LogP contribution is -2.36. The van der Waals surface area contributed by atoms with E-state index in [2.05, 4.69) is 5.32 Å². The summed E-state index contributed by atoms with van der Waals surface area (Å²) < 4.78 is 26.0. The van der Waals surface area contributed by atoms with E-state index in [1.54, 1.807) is 31.2 Å². The van der Waals surface area contributed by atoms with Crippen molar-refractivity contribution in [2.75, 3.05) is 13.2 Å². The molecule has 0 spiro atoms. The molecule has 152 valence electrons. The van der Waals surface area contributed by atoms with Crippen molar-refractivity contribution in [1.29, 1.82) is 0 Å². The lowest BCUT2D eigenvalue weighted by atomic mass is 10.1. The van der Waals surface area contributed by atoms with Crippen LogP contribution in [0, 0.1) is 12.7 Å². The number of nitrogens with one attached hydrogen (secondary N) is 1. The molecule has 0 radical (unpaired) electrons. The van der Waals surface area contributed by atoms with E-state index in [-0.39, 0.29) is 51.6 Å². The Hall–Kier alpha value is -2.94. The molecule has 3 N–H and O–H groups in total. The highest BCUT2D eigenvalue weighted by molar-refractivity contribution is 6.34. The van der Waals surface area contributed by atoms with E-state index in [9.17, 15) is 14.0 Å². The first-order valence-corrected chi connectivity index (χ1v) is 8.95. The number of aryl methyl sites for hydroxylation is 1. The van der Waals surface area contributed by atoms with Gasteiger partial charge in [0.2, 0.25) is 6.29 Å². The van der Waals surface area contributed by atoms with Gasteiger partial charge in [-0.3, -0.25) is 9.59 Å². The van der Waals surface area contributed by atoms with Crippen molar-refractivity contribution in [1.82, 2.24) is 5.32 Å². The Morgan fingerprint density at radius 1 is 1.31 bits per heavy atom. The lowest BCUT2D eigenvalue weighted by molar-refractivity contribution is -0.147. The van der Waals surface area contributed by atoms with Gasteiger partial charge in [-0.25, -0.2) is 4.39 Å². The average Bonchev–Trinajstić information content (AvgIpc) is 2.65. The van der Waals surface area contributed by atoms with E-state index in [1.165, 1.54) is 6.07 Å². The van der Waals surface area contributed by atoms with Gasteiger partial charge in [0, 0.05) is 6.07 Å². The summed E-state index contributed by atoms with van der Waals surface area (Å²) in [5, 5.41) is 20.2. The first-order valence-electron chi connectivity index (χ1n) is 8.57. The third-order valence-corrected chi connectivity index (χ3v) is 4.34. The van der Waals surface area contributed by atoms with Crippen LogP contribution in [0.3, 0.4) is 0 Å². The number of carbonyl (C=O) groups excluding carboxylic acids is 1. The Morgan fingerprint density at radius 2 is 2.07 bits per heavy atom. The summed E-state index contributed by atoms with van der Waals surface area (Å²) >= 11 is 6.11. The maximum Gasteiger partial charge on any atom is 0.276 e. The summed E-state index contributed by atoms with van der Waals surface area (Å²) in [6.45, 7) is 1.52. The molecule has 0 saturated carbocycles. The zero-order valence-electron chi connectivity index (χ0n) is 15.2. The van der Waals surface area contributed by atoms with Gasteiger partial charge >= 0.3 is 0 Å². The Labute approximate surface area is 169 Å². The smallest absolute Gasteiger partial charge is 0.276 e. The van der Waals surface area contributed by atoms with Crippen LogP contribution in [0.15, 0.2) is 45.6 Å². The number of halogens is 2. The molecule has 0 bridgehead atoms. The van der Waals surface area contributed by atoms with E-state index < -0.39 is 18.0 Å². The fourth-order valence-corrected chi connectivity index (χ4v) is 2.97. The highest BCUT2D eigenvalue weighted by atomic mass is 35.5. The number of fused-ring (bicyclic) bond motifs is 1. The Balaban J connectivity index is 1.97. The molecule has 7 nitrogen and oxygen atoms in total. The number of carbonyl (C=O) groups is 1. The van der Waals surface area contributed by atoms with Crippen LogP contribution in [0.25, 0.3) is 22.3 Å². The maximum absolute atomic E-state index is 14.8. The molecule has 0 fully saturated rings. The van der Waals surface area contributed by atoms with Crippen LogP contribution in [-0.4, -0.2) is 35.6 Å².